The van der Waals surface area contributed by atoms with Gasteiger partial charge < -0.3 is 14.8 Å². The maximum atomic E-state index is 12.7. The van der Waals surface area contributed by atoms with Gasteiger partial charge in [-0.3, -0.25) is 9.59 Å². The molecule has 166 valence electrons. The van der Waals surface area contributed by atoms with E-state index in [0.717, 1.165) is 6.42 Å². The van der Waals surface area contributed by atoms with Gasteiger partial charge in [0.25, 0.3) is 11.8 Å². The Kier molecular flexibility index (Phi) is 9.34. The Labute approximate surface area is 187 Å². The van der Waals surface area contributed by atoms with Crippen LogP contribution in [0.25, 0.3) is 0 Å². The van der Waals surface area contributed by atoms with Gasteiger partial charge in [0, 0.05) is 16.1 Å². The maximum Gasteiger partial charge on any atom is 0.262 e. The molecule has 0 aliphatic carbocycles. The molecule has 8 heteroatoms. The van der Waals surface area contributed by atoms with Crippen LogP contribution in [-0.2, 0) is 4.79 Å². The number of carbonyl (C=O) groups excluding carboxylic acids is 2. The lowest BCUT2D eigenvalue weighted by Gasteiger charge is -2.20. The Morgan fingerprint density at radius 1 is 1.19 bits per heavy atom. The fourth-order valence-electron chi connectivity index (χ4n) is 2.78. The number of amides is 2. The number of hydrazone groups is 1. The first-order valence-electron chi connectivity index (χ1n) is 10.1. The predicted molar refractivity (Wildman–Crippen MR) is 122 cm³/mol. The van der Waals surface area contributed by atoms with Gasteiger partial charge in [0.1, 0.15) is 6.04 Å². The van der Waals surface area contributed by atoms with Crippen LogP contribution in [0.5, 0.6) is 11.5 Å². The van der Waals surface area contributed by atoms with E-state index >= 15 is 0 Å². The van der Waals surface area contributed by atoms with E-state index in [1.807, 2.05) is 32.9 Å². The van der Waals surface area contributed by atoms with Crippen molar-refractivity contribution in [3.05, 3.63) is 58.6 Å². The molecule has 0 radical (unpaired) electrons. The number of nitrogens with one attached hydrogen (secondary N) is 2. The zero-order chi connectivity index (χ0) is 22.8. The molecule has 0 fully saturated rings. The van der Waals surface area contributed by atoms with Gasteiger partial charge in [-0.15, -0.1) is 0 Å². The van der Waals surface area contributed by atoms with Gasteiger partial charge in [0.15, 0.2) is 11.5 Å². The molecule has 0 aliphatic heterocycles. The molecule has 2 rings (SSSR count). The summed E-state index contributed by atoms with van der Waals surface area (Å²) in [6.45, 7) is 6.21. The van der Waals surface area contributed by atoms with Crippen LogP contribution in [0.4, 0.5) is 0 Å². The summed E-state index contributed by atoms with van der Waals surface area (Å²) < 4.78 is 11.1. The standard InChI is InChI=1S/C23H28ClN3O4/c1-5-12-31-21-17(9-7-11-19(21)30-4)14-25-27-23(29)20(15(2)3)26-22(28)16-8-6-10-18(24)13-16/h6-11,13-15,20H,5,12H2,1-4H3,(H,26,28)(H,27,29)/b25-14-. The summed E-state index contributed by atoms with van der Waals surface area (Å²) in [5.41, 5.74) is 3.54. The zero-order valence-electron chi connectivity index (χ0n) is 18.1. The Hall–Kier alpha value is -3.06. The zero-order valence-corrected chi connectivity index (χ0v) is 18.9. The molecule has 0 bridgehead atoms. The largest absolute Gasteiger partial charge is 0.493 e. The van der Waals surface area contributed by atoms with Gasteiger partial charge in [-0.2, -0.15) is 5.10 Å². The minimum atomic E-state index is -0.773. The van der Waals surface area contributed by atoms with Crippen molar-refractivity contribution in [3.8, 4) is 11.5 Å². The summed E-state index contributed by atoms with van der Waals surface area (Å²) in [7, 11) is 1.56. The van der Waals surface area contributed by atoms with Crippen LogP contribution >= 0.6 is 11.6 Å². The highest BCUT2D eigenvalue weighted by Crippen LogP contribution is 2.30. The van der Waals surface area contributed by atoms with E-state index in [1.54, 1.807) is 37.4 Å². The lowest BCUT2D eigenvalue weighted by atomic mass is 10.0. The molecular formula is C23H28ClN3O4. The summed E-state index contributed by atoms with van der Waals surface area (Å²) in [6.07, 6.45) is 2.33. The van der Waals surface area contributed by atoms with Gasteiger partial charge in [-0.05, 0) is 42.7 Å². The van der Waals surface area contributed by atoms with Gasteiger partial charge in [0.05, 0.1) is 19.9 Å². The van der Waals surface area contributed by atoms with Crippen molar-refractivity contribution in [1.82, 2.24) is 10.7 Å². The lowest BCUT2D eigenvalue weighted by molar-refractivity contribution is -0.123. The Balaban J connectivity index is 2.10. The molecule has 0 spiro atoms. The average Bonchev–Trinajstić information content (AvgIpc) is 2.75. The number of hydrogen-bond acceptors (Lipinski definition) is 5. The smallest absolute Gasteiger partial charge is 0.262 e. The van der Waals surface area contributed by atoms with E-state index in [9.17, 15) is 9.59 Å². The second-order valence-corrected chi connectivity index (χ2v) is 7.60. The topological polar surface area (TPSA) is 89.0 Å². The summed E-state index contributed by atoms with van der Waals surface area (Å²) in [6, 6.07) is 11.2. The van der Waals surface area contributed by atoms with Crippen LogP contribution in [0.2, 0.25) is 5.02 Å². The molecule has 2 aromatic carbocycles. The SMILES string of the molecule is CCCOc1c(/C=N\NC(=O)C(NC(=O)c2cccc(Cl)c2)C(C)C)cccc1OC. The number of halogens is 1. The third kappa shape index (κ3) is 7.00. The first-order chi connectivity index (χ1) is 14.9. The summed E-state index contributed by atoms with van der Waals surface area (Å²) in [5, 5.41) is 7.23. The number of hydrogen-bond donors (Lipinski definition) is 2. The number of methoxy groups -OCH3 is 1. The fraction of sp³-hybridized carbons (Fsp3) is 0.348. The minimum absolute atomic E-state index is 0.154. The molecule has 0 aliphatic rings. The first-order valence-corrected chi connectivity index (χ1v) is 10.4. The summed E-state index contributed by atoms with van der Waals surface area (Å²) in [5.74, 6) is 0.166. The Bertz CT molecular complexity index is 931. The molecule has 1 atom stereocenters. The van der Waals surface area contributed by atoms with Crippen molar-refractivity contribution >= 4 is 29.6 Å². The highest BCUT2D eigenvalue weighted by atomic mass is 35.5. The van der Waals surface area contributed by atoms with Crippen LogP contribution < -0.4 is 20.2 Å². The lowest BCUT2D eigenvalue weighted by Crippen LogP contribution is -2.48. The van der Waals surface area contributed by atoms with Crippen molar-refractivity contribution in [2.45, 2.75) is 33.2 Å². The monoisotopic (exact) mass is 445 g/mol. The molecule has 7 nitrogen and oxygen atoms in total. The van der Waals surface area contributed by atoms with Crippen molar-refractivity contribution in [1.29, 1.82) is 0 Å². The number of nitrogens with zero attached hydrogens (tertiary/aromatic N) is 1. The van der Waals surface area contributed by atoms with Crippen molar-refractivity contribution in [2.75, 3.05) is 13.7 Å². The minimum Gasteiger partial charge on any atom is -0.493 e. The fourth-order valence-corrected chi connectivity index (χ4v) is 2.97. The van der Waals surface area contributed by atoms with Gasteiger partial charge in [-0.25, -0.2) is 5.43 Å². The number of ether oxygens (including phenoxy) is 2. The second kappa shape index (κ2) is 12.0. The van der Waals surface area contributed by atoms with Crippen LogP contribution in [0, 0.1) is 5.92 Å². The van der Waals surface area contributed by atoms with Gasteiger partial charge in [-0.1, -0.05) is 44.5 Å². The predicted octanol–water partition coefficient (Wildman–Crippen LogP) is 4.04. The summed E-state index contributed by atoms with van der Waals surface area (Å²) in [4.78, 5) is 25.2. The molecule has 2 aromatic rings. The molecule has 0 saturated heterocycles. The van der Waals surface area contributed by atoms with Crippen molar-refractivity contribution in [2.24, 2.45) is 11.0 Å². The average molecular weight is 446 g/mol. The van der Waals surface area contributed by atoms with Gasteiger partial charge in [0.2, 0.25) is 0 Å². The van der Waals surface area contributed by atoms with Crippen LogP contribution in [0.3, 0.4) is 0 Å². The summed E-state index contributed by atoms with van der Waals surface area (Å²) >= 11 is 5.95. The third-order valence-electron chi connectivity index (χ3n) is 4.38. The van der Waals surface area contributed by atoms with Crippen LogP contribution in [0.15, 0.2) is 47.6 Å². The Morgan fingerprint density at radius 2 is 1.94 bits per heavy atom. The van der Waals surface area contributed by atoms with E-state index < -0.39 is 11.9 Å². The number of rotatable bonds is 10. The first kappa shape index (κ1) is 24.2. The maximum absolute atomic E-state index is 12.7. The number of carbonyl (C=O) groups is 2. The van der Waals surface area contributed by atoms with E-state index in [-0.39, 0.29) is 11.8 Å². The second-order valence-electron chi connectivity index (χ2n) is 7.17. The molecule has 2 amide bonds. The quantitative estimate of drug-likeness (QED) is 0.426. The highest BCUT2D eigenvalue weighted by Gasteiger charge is 2.24. The van der Waals surface area contributed by atoms with E-state index in [2.05, 4.69) is 15.8 Å². The molecule has 31 heavy (non-hydrogen) atoms. The molecule has 0 saturated carbocycles. The van der Waals surface area contributed by atoms with Gasteiger partial charge >= 0.3 is 0 Å². The molecule has 2 N–H and O–H groups in total. The van der Waals surface area contributed by atoms with E-state index in [1.165, 1.54) is 6.21 Å². The molecule has 1 unspecified atom stereocenters. The number of benzene rings is 2. The Morgan fingerprint density at radius 3 is 2.58 bits per heavy atom. The van der Waals surface area contributed by atoms with E-state index in [4.69, 9.17) is 21.1 Å². The van der Waals surface area contributed by atoms with Crippen LogP contribution in [0.1, 0.15) is 43.1 Å². The number of para-hydroxylation sites is 1. The third-order valence-corrected chi connectivity index (χ3v) is 4.62. The molecule has 0 aromatic heterocycles. The highest BCUT2D eigenvalue weighted by molar-refractivity contribution is 6.31. The van der Waals surface area contributed by atoms with Crippen LogP contribution in [-0.4, -0.2) is 37.8 Å². The molecular weight excluding hydrogens is 418 g/mol. The molecule has 0 heterocycles. The normalized spacial score (nSPS) is 11.9. The van der Waals surface area contributed by atoms with Crippen molar-refractivity contribution in [3.63, 3.8) is 0 Å². The van der Waals surface area contributed by atoms with E-state index in [0.29, 0.717) is 34.3 Å². The van der Waals surface area contributed by atoms with Crippen molar-refractivity contribution < 1.29 is 19.1 Å².